The highest BCUT2D eigenvalue weighted by atomic mass is 35.5. The Kier molecular flexibility index (Phi) is 10.2. The number of esters is 1. The molecular weight excluding hydrogens is 486 g/mol. The van der Waals surface area contributed by atoms with Crippen LogP contribution in [0.5, 0.6) is 28.7 Å². The third-order valence-electron chi connectivity index (χ3n) is 5.86. The van der Waals surface area contributed by atoms with Gasteiger partial charge < -0.3 is 41.8 Å². The number of benzene rings is 2. The van der Waals surface area contributed by atoms with Gasteiger partial charge in [-0.25, -0.2) is 4.79 Å². The lowest BCUT2D eigenvalue weighted by atomic mass is 9.92. The number of ketones is 1. The summed E-state index contributed by atoms with van der Waals surface area (Å²) in [5.74, 6) is 1.71. The van der Waals surface area contributed by atoms with Crippen LogP contribution < -0.4 is 41.8 Å². The summed E-state index contributed by atoms with van der Waals surface area (Å²) in [5.41, 5.74) is 8.93. The van der Waals surface area contributed by atoms with Crippen molar-refractivity contribution in [2.45, 2.75) is 39.2 Å². The summed E-state index contributed by atoms with van der Waals surface area (Å²) in [7, 11) is 6.13. The molecule has 1 aliphatic rings. The monoisotopic (exact) mass is 518 g/mol. The van der Waals surface area contributed by atoms with Crippen molar-refractivity contribution in [1.29, 1.82) is 0 Å². The molecule has 0 radical (unpaired) electrons. The number of hydrogen-bond donors (Lipinski definition) is 1. The van der Waals surface area contributed by atoms with E-state index < -0.39 is 12.0 Å². The molecule has 0 bridgehead atoms. The molecule has 2 aromatic rings. The second-order valence-corrected chi connectivity index (χ2v) is 8.72. The maximum atomic E-state index is 12.7. The number of carbonyl (C=O) groups is 2. The fourth-order valence-electron chi connectivity index (χ4n) is 4.21. The van der Waals surface area contributed by atoms with Crippen LogP contribution in [0.1, 0.15) is 43.4 Å². The molecule has 2 N–H and O–H groups in total. The first-order valence-corrected chi connectivity index (χ1v) is 11.5. The number of halogens is 1. The van der Waals surface area contributed by atoms with Crippen molar-refractivity contribution in [3.8, 4) is 28.7 Å². The maximum absolute atomic E-state index is 12.7. The molecule has 0 fully saturated rings. The number of rotatable bonds is 9. The van der Waals surface area contributed by atoms with Crippen LogP contribution in [0.2, 0.25) is 0 Å². The maximum Gasteiger partial charge on any atom is 0.328 e. The van der Waals surface area contributed by atoms with Gasteiger partial charge in [-0.05, 0) is 59.7 Å². The fourth-order valence-corrected chi connectivity index (χ4v) is 4.21. The van der Waals surface area contributed by atoms with E-state index in [4.69, 9.17) is 29.4 Å². The highest BCUT2D eigenvalue weighted by Gasteiger charge is 2.27. The molecule has 0 aromatic heterocycles. The average molecular weight is 519 g/mol. The molecule has 0 saturated carbocycles. The molecule has 8 nitrogen and oxygen atoms in total. The van der Waals surface area contributed by atoms with Gasteiger partial charge in [-0.15, -0.1) is 0 Å². The quantitative estimate of drug-likeness (QED) is 0.386. The predicted octanol–water partition coefficient (Wildman–Crippen LogP) is 0.951. The molecule has 1 aliphatic carbocycles. The number of allylic oxidation sites excluding steroid dienone is 1. The molecule has 0 saturated heterocycles. The van der Waals surface area contributed by atoms with Gasteiger partial charge in [0.1, 0.15) is 6.04 Å². The summed E-state index contributed by atoms with van der Waals surface area (Å²) in [6, 6.07) is 6.25. The van der Waals surface area contributed by atoms with E-state index in [0.717, 1.165) is 11.1 Å². The van der Waals surface area contributed by atoms with Crippen LogP contribution >= 0.6 is 0 Å². The molecular formula is C27H33ClNO7-. The Morgan fingerprint density at radius 2 is 1.58 bits per heavy atom. The zero-order chi connectivity index (χ0) is 25.7. The molecule has 1 atom stereocenters. The third kappa shape index (κ3) is 6.12. The zero-order valence-electron chi connectivity index (χ0n) is 21.5. The van der Waals surface area contributed by atoms with Crippen LogP contribution in [-0.2, 0) is 16.0 Å². The van der Waals surface area contributed by atoms with Gasteiger partial charge >= 0.3 is 5.97 Å². The predicted molar refractivity (Wildman–Crippen MR) is 133 cm³/mol. The normalized spacial score (nSPS) is 13.6. The summed E-state index contributed by atoms with van der Waals surface area (Å²) in [5, 5.41) is 0. The second kappa shape index (κ2) is 12.6. The smallest absolute Gasteiger partial charge is 0.328 e. The summed E-state index contributed by atoms with van der Waals surface area (Å²) in [6.45, 7) is 3.97. The van der Waals surface area contributed by atoms with E-state index in [-0.39, 0.29) is 29.9 Å². The van der Waals surface area contributed by atoms with E-state index in [1.165, 1.54) is 7.11 Å². The van der Waals surface area contributed by atoms with E-state index in [9.17, 15) is 9.59 Å². The van der Waals surface area contributed by atoms with Crippen molar-refractivity contribution in [2.24, 2.45) is 11.7 Å². The summed E-state index contributed by atoms with van der Waals surface area (Å²) in [6.07, 6.45) is 2.87. The summed E-state index contributed by atoms with van der Waals surface area (Å²) in [4.78, 5) is 25.3. The highest BCUT2D eigenvalue weighted by Crippen LogP contribution is 2.47. The van der Waals surface area contributed by atoms with Crippen molar-refractivity contribution < 1.29 is 45.7 Å². The first kappa shape index (κ1) is 29.0. The van der Waals surface area contributed by atoms with Gasteiger partial charge in [0.25, 0.3) is 0 Å². The largest absolute Gasteiger partial charge is 1.00 e. The lowest BCUT2D eigenvalue weighted by Gasteiger charge is -2.20. The Hall–Kier alpha value is -3.23. The molecule has 2 aromatic carbocycles. The number of nitrogens with two attached hydrogens (primary N) is 1. The van der Waals surface area contributed by atoms with Gasteiger partial charge in [0.2, 0.25) is 5.75 Å². The number of carbonyl (C=O) groups excluding carboxylic acids is 2. The Balaban J connectivity index is 0.00000456. The van der Waals surface area contributed by atoms with E-state index in [1.54, 1.807) is 39.5 Å². The van der Waals surface area contributed by atoms with Gasteiger partial charge in [-0.1, -0.05) is 19.9 Å². The van der Waals surface area contributed by atoms with Crippen molar-refractivity contribution in [2.75, 3.05) is 28.4 Å². The summed E-state index contributed by atoms with van der Waals surface area (Å²) >= 11 is 0. The number of ether oxygens (including phenoxy) is 5. The Labute approximate surface area is 218 Å². The lowest BCUT2D eigenvalue weighted by molar-refractivity contribution is -0.136. The minimum atomic E-state index is -0.760. The standard InChI is InChI=1S/C27H33NO7.ClH/c1-15(2)11-21(28)27(30)35-23-12-16(7-10-22(23)31-3)19-13-17(29)8-9-18-20(19)14-24(32-4)26(34-6)25(18)33-5;/h7,10,12-15,21H,8-9,11,28H2,1-6H3;1H/p-1/t21-;/m0./s1. The van der Waals surface area contributed by atoms with Crippen LogP contribution in [0.15, 0.2) is 30.3 Å². The minimum Gasteiger partial charge on any atom is -1.00 e. The minimum absolute atomic E-state index is 0. The molecule has 196 valence electrons. The van der Waals surface area contributed by atoms with Crippen LogP contribution in [-0.4, -0.2) is 46.2 Å². The molecule has 9 heteroatoms. The Bertz CT molecular complexity index is 1140. The van der Waals surface area contributed by atoms with Crippen molar-refractivity contribution in [3.63, 3.8) is 0 Å². The SMILES string of the molecule is COc1ccc(C2=CC(=O)CCc3c2cc(OC)c(OC)c3OC)cc1OC(=O)[C@@H](N)CC(C)C.[Cl-]. The van der Waals surface area contributed by atoms with E-state index >= 15 is 0 Å². The Morgan fingerprint density at radius 3 is 2.17 bits per heavy atom. The number of methoxy groups -OCH3 is 4. The van der Waals surface area contributed by atoms with Gasteiger partial charge in [0.15, 0.2) is 28.8 Å². The first-order valence-electron chi connectivity index (χ1n) is 11.5. The van der Waals surface area contributed by atoms with Crippen molar-refractivity contribution in [3.05, 3.63) is 47.0 Å². The Morgan fingerprint density at radius 1 is 0.917 bits per heavy atom. The van der Waals surface area contributed by atoms with Gasteiger partial charge in [0.05, 0.1) is 28.4 Å². The van der Waals surface area contributed by atoms with Crippen molar-refractivity contribution >= 4 is 17.3 Å². The van der Waals surface area contributed by atoms with Crippen LogP contribution in [0.3, 0.4) is 0 Å². The van der Waals surface area contributed by atoms with Crippen LogP contribution in [0.25, 0.3) is 5.57 Å². The van der Waals surface area contributed by atoms with E-state index in [1.807, 2.05) is 26.0 Å². The van der Waals surface area contributed by atoms with Crippen molar-refractivity contribution in [1.82, 2.24) is 0 Å². The third-order valence-corrected chi connectivity index (χ3v) is 5.86. The molecule has 0 aliphatic heterocycles. The average Bonchev–Trinajstić information content (AvgIpc) is 3.00. The molecule has 36 heavy (non-hydrogen) atoms. The van der Waals surface area contributed by atoms with Crippen LogP contribution in [0.4, 0.5) is 0 Å². The van der Waals surface area contributed by atoms with E-state index in [2.05, 4.69) is 0 Å². The molecule has 0 spiro atoms. The lowest BCUT2D eigenvalue weighted by Crippen LogP contribution is -3.00. The highest BCUT2D eigenvalue weighted by molar-refractivity contribution is 6.03. The topological polar surface area (TPSA) is 106 Å². The van der Waals surface area contributed by atoms with Crippen LogP contribution in [0, 0.1) is 5.92 Å². The first-order chi connectivity index (χ1) is 16.7. The van der Waals surface area contributed by atoms with Gasteiger partial charge in [-0.2, -0.15) is 0 Å². The second-order valence-electron chi connectivity index (χ2n) is 8.72. The molecule has 0 amide bonds. The molecule has 0 heterocycles. The molecule has 3 rings (SSSR count). The van der Waals surface area contributed by atoms with E-state index in [0.29, 0.717) is 53.4 Å². The fraction of sp³-hybridized carbons (Fsp3) is 0.407. The number of fused-ring (bicyclic) bond motifs is 1. The summed E-state index contributed by atoms with van der Waals surface area (Å²) < 4.78 is 27.8. The van der Waals surface area contributed by atoms with Gasteiger partial charge in [0, 0.05) is 12.0 Å². The molecule has 0 unspecified atom stereocenters. The zero-order valence-corrected chi connectivity index (χ0v) is 22.2. The van der Waals surface area contributed by atoms with Gasteiger partial charge in [-0.3, -0.25) is 4.79 Å². The number of hydrogen-bond acceptors (Lipinski definition) is 8.